The van der Waals surface area contributed by atoms with E-state index in [-0.39, 0.29) is 0 Å². The van der Waals surface area contributed by atoms with Crippen LogP contribution in [0, 0.1) is 0 Å². The molecule has 0 unspecified atom stereocenters. The Bertz CT molecular complexity index is 674. The normalized spacial score (nSPS) is 10.3. The van der Waals surface area contributed by atoms with Crippen molar-refractivity contribution in [1.82, 2.24) is 10.4 Å². The summed E-state index contributed by atoms with van der Waals surface area (Å²) in [5, 5.41) is 6.14. The molecule has 0 atom stereocenters. The van der Waals surface area contributed by atoms with Crippen molar-refractivity contribution in [2.24, 2.45) is 5.10 Å². The summed E-state index contributed by atoms with van der Waals surface area (Å²) in [4.78, 5) is 27.2. The van der Waals surface area contributed by atoms with Crippen LogP contribution in [-0.4, -0.2) is 23.0 Å². The zero-order valence-corrected chi connectivity index (χ0v) is 12.4. The van der Waals surface area contributed by atoms with Gasteiger partial charge >= 0.3 is 11.8 Å². The predicted molar refractivity (Wildman–Crippen MR) is 82.7 cm³/mol. The van der Waals surface area contributed by atoms with E-state index in [4.69, 9.17) is 0 Å². The quantitative estimate of drug-likeness (QED) is 0.506. The largest absolute Gasteiger partial charge is 0.329 e. The van der Waals surface area contributed by atoms with Gasteiger partial charge in [-0.2, -0.15) is 5.10 Å². The number of carbonyl (C=O) groups is 2. The van der Waals surface area contributed by atoms with Gasteiger partial charge in [-0.15, -0.1) is 0 Å². The van der Waals surface area contributed by atoms with E-state index in [0.29, 0.717) is 15.9 Å². The maximum absolute atomic E-state index is 11.7. The Morgan fingerprint density at radius 2 is 1.86 bits per heavy atom. The van der Waals surface area contributed by atoms with Crippen molar-refractivity contribution < 1.29 is 9.59 Å². The first-order valence-electron chi connectivity index (χ1n) is 5.97. The van der Waals surface area contributed by atoms with Gasteiger partial charge in [0.15, 0.2) is 0 Å². The van der Waals surface area contributed by atoms with Crippen molar-refractivity contribution in [3.63, 3.8) is 0 Å². The molecule has 1 aromatic carbocycles. The minimum atomic E-state index is -0.863. The lowest BCUT2D eigenvalue weighted by Crippen LogP contribution is -2.32. The van der Waals surface area contributed by atoms with E-state index < -0.39 is 11.8 Å². The van der Waals surface area contributed by atoms with Gasteiger partial charge in [0.2, 0.25) is 0 Å². The Morgan fingerprint density at radius 1 is 1.10 bits per heavy atom. The second kappa shape index (κ2) is 7.30. The van der Waals surface area contributed by atoms with E-state index in [9.17, 15) is 9.59 Å². The lowest BCUT2D eigenvalue weighted by molar-refractivity contribution is -0.136. The second-order valence-electron chi connectivity index (χ2n) is 3.89. The molecule has 106 valence electrons. The topological polar surface area (TPSA) is 83.5 Å². The molecule has 1 aromatic heterocycles. The number of hydrazone groups is 1. The number of halogens is 1. The van der Waals surface area contributed by atoms with E-state index in [1.54, 1.807) is 48.7 Å². The Balaban J connectivity index is 1.90. The third-order valence-corrected chi connectivity index (χ3v) is 3.07. The number of hydrogen-bond acceptors (Lipinski definition) is 4. The monoisotopic (exact) mass is 346 g/mol. The average Bonchev–Trinajstić information content (AvgIpc) is 2.50. The number of carbonyl (C=O) groups excluding carboxylic acids is 2. The molecule has 0 radical (unpaired) electrons. The minimum Gasteiger partial charge on any atom is -0.317 e. The number of benzene rings is 1. The smallest absolute Gasteiger partial charge is 0.317 e. The first kappa shape index (κ1) is 14.9. The van der Waals surface area contributed by atoms with Crippen LogP contribution in [0.25, 0.3) is 0 Å². The maximum Gasteiger partial charge on any atom is 0.329 e. The standard InChI is InChI=1S/C14H11BrN4O2/c15-11-6-1-2-7-12(11)18-13(20)14(21)19-17-9-10-5-3-4-8-16-10/h1-9H,(H,18,20)(H,19,21)/b17-9-. The van der Waals surface area contributed by atoms with Crippen molar-refractivity contribution in [1.29, 1.82) is 0 Å². The second-order valence-corrected chi connectivity index (χ2v) is 4.74. The van der Waals surface area contributed by atoms with Crippen LogP contribution < -0.4 is 10.7 Å². The average molecular weight is 347 g/mol. The highest BCUT2D eigenvalue weighted by Crippen LogP contribution is 2.20. The summed E-state index contributed by atoms with van der Waals surface area (Å²) in [6.45, 7) is 0. The number of nitrogens with zero attached hydrogens (tertiary/aromatic N) is 2. The number of anilines is 1. The van der Waals surface area contributed by atoms with Gasteiger partial charge in [0, 0.05) is 10.7 Å². The molecule has 0 aliphatic rings. The first-order valence-corrected chi connectivity index (χ1v) is 6.76. The van der Waals surface area contributed by atoms with E-state index >= 15 is 0 Å². The van der Waals surface area contributed by atoms with Crippen molar-refractivity contribution in [2.45, 2.75) is 0 Å². The molecule has 0 bridgehead atoms. The van der Waals surface area contributed by atoms with Gasteiger partial charge in [0.1, 0.15) is 0 Å². The molecule has 2 rings (SSSR count). The molecule has 6 nitrogen and oxygen atoms in total. The number of amides is 2. The van der Waals surface area contributed by atoms with Crippen LogP contribution in [0.15, 0.2) is 58.2 Å². The predicted octanol–water partition coefficient (Wildman–Crippen LogP) is 1.93. The molecule has 0 aliphatic carbocycles. The molecule has 0 saturated carbocycles. The molecule has 0 saturated heterocycles. The number of para-hydroxylation sites is 1. The summed E-state index contributed by atoms with van der Waals surface area (Å²) in [6.07, 6.45) is 2.95. The number of rotatable bonds is 3. The SMILES string of the molecule is O=C(N/N=C\c1ccccn1)C(=O)Nc1ccccc1Br. The fraction of sp³-hybridized carbons (Fsp3) is 0. The Labute approximate surface area is 129 Å². The third kappa shape index (κ3) is 4.50. The van der Waals surface area contributed by atoms with Crippen molar-refractivity contribution >= 4 is 39.6 Å². The van der Waals surface area contributed by atoms with E-state index in [1.807, 2.05) is 0 Å². The molecule has 21 heavy (non-hydrogen) atoms. The number of pyridine rings is 1. The molecule has 0 aliphatic heterocycles. The van der Waals surface area contributed by atoms with E-state index in [2.05, 4.69) is 36.8 Å². The first-order chi connectivity index (χ1) is 10.2. The van der Waals surface area contributed by atoms with Crippen LogP contribution >= 0.6 is 15.9 Å². The van der Waals surface area contributed by atoms with Crippen LogP contribution in [0.1, 0.15) is 5.69 Å². The third-order valence-electron chi connectivity index (χ3n) is 2.38. The van der Waals surface area contributed by atoms with E-state index in [1.165, 1.54) is 6.21 Å². The van der Waals surface area contributed by atoms with Crippen molar-refractivity contribution in [3.05, 3.63) is 58.8 Å². The van der Waals surface area contributed by atoms with Gasteiger partial charge in [-0.1, -0.05) is 18.2 Å². The molecular formula is C14H11BrN4O2. The molecule has 1 heterocycles. The van der Waals surface area contributed by atoms with Crippen LogP contribution in [-0.2, 0) is 9.59 Å². The molecule has 0 fully saturated rings. The molecule has 2 aromatic rings. The maximum atomic E-state index is 11.7. The highest BCUT2D eigenvalue weighted by molar-refractivity contribution is 9.10. The summed E-state index contributed by atoms with van der Waals surface area (Å²) in [6, 6.07) is 12.3. The fourth-order valence-corrected chi connectivity index (χ4v) is 1.79. The number of nitrogens with one attached hydrogen (secondary N) is 2. The van der Waals surface area contributed by atoms with Crippen molar-refractivity contribution in [2.75, 3.05) is 5.32 Å². The summed E-state index contributed by atoms with van der Waals surface area (Å²) in [5.74, 6) is -1.67. The molecular weight excluding hydrogens is 336 g/mol. The van der Waals surface area contributed by atoms with E-state index in [0.717, 1.165) is 0 Å². The Hall–Kier alpha value is -2.54. The van der Waals surface area contributed by atoms with Crippen LogP contribution in [0.4, 0.5) is 5.69 Å². The number of aromatic nitrogens is 1. The van der Waals surface area contributed by atoms with Gasteiger partial charge in [-0.25, -0.2) is 5.43 Å². The Kier molecular flexibility index (Phi) is 5.16. The van der Waals surface area contributed by atoms with Crippen LogP contribution in [0.2, 0.25) is 0 Å². The minimum absolute atomic E-state index is 0.506. The summed E-state index contributed by atoms with van der Waals surface area (Å²) in [7, 11) is 0. The summed E-state index contributed by atoms with van der Waals surface area (Å²) < 4.78 is 0.683. The lowest BCUT2D eigenvalue weighted by atomic mass is 10.3. The number of hydrogen-bond donors (Lipinski definition) is 2. The van der Waals surface area contributed by atoms with Crippen LogP contribution in [0.3, 0.4) is 0 Å². The molecule has 2 N–H and O–H groups in total. The van der Waals surface area contributed by atoms with Crippen molar-refractivity contribution in [3.8, 4) is 0 Å². The lowest BCUT2D eigenvalue weighted by Gasteiger charge is -2.05. The zero-order chi connectivity index (χ0) is 15.1. The van der Waals surface area contributed by atoms with Gasteiger partial charge < -0.3 is 5.32 Å². The van der Waals surface area contributed by atoms with Gasteiger partial charge in [0.05, 0.1) is 17.6 Å². The highest BCUT2D eigenvalue weighted by Gasteiger charge is 2.13. The zero-order valence-electron chi connectivity index (χ0n) is 10.8. The molecule has 2 amide bonds. The Morgan fingerprint density at radius 3 is 2.57 bits per heavy atom. The molecule has 7 heteroatoms. The summed E-state index contributed by atoms with van der Waals surface area (Å²) in [5.41, 5.74) is 3.21. The summed E-state index contributed by atoms with van der Waals surface area (Å²) >= 11 is 3.27. The highest BCUT2D eigenvalue weighted by atomic mass is 79.9. The molecule has 0 spiro atoms. The van der Waals surface area contributed by atoms with Gasteiger partial charge in [-0.3, -0.25) is 14.6 Å². The fourth-order valence-electron chi connectivity index (χ4n) is 1.40. The van der Waals surface area contributed by atoms with Crippen LogP contribution in [0.5, 0.6) is 0 Å². The van der Waals surface area contributed by atoms with Gasteiger partial charge in [-0.05, 0) is 40.2 Å². The van der Waals surface area contributed by atoms with Gasteiger partial charge in [0.25, 0.3) is 0 Å².